The van der Waals surface area contributed by atoms with Crippen LogP contribution in [-0.4, -0.2) is 41.9 Å². The quantitative estimate of drug-likeness (QED) is 0.164. The molecule has 14 nitrogen and oxygen atoms in total. The standard InChI is InChI=1S/C10H11F3N4O3.C5HClF3N3O3.C5H11N/c11-10(12,13)9-15-7(14-5-3-1-2-4-5)6(17(19)20)8(18)16-9;6-2-1(12(14)15)3(13)11-4(10-2)5(7,8)9;6-5-3-1-2-4-5/h5H,1-4H2,(H2,14,15,16,18);(H,10,11,13);5H,1-4,6H2. The van der Waals surface area contributed by atoms with E-state index in [0.717, 1.165) is 12.8 Å². The molecular weight excluding hydrogens is 598 g/mol. The second kappa shape index (κ2) is 13.7. The van der Waals surface area contributed by atoms with E-state index in [9.17, 15) is 56.2 Å². The molecule has 2 aliphatic carbocycles. The first kappa shape index (κ1) is 33.4. The molecule has 0 atom stereocenters. The Kier molecular flexibility index (Phi) is 11.2. The van der Waals surface area contributed by atoms with Gasteiger partial charge in [0.2, 0.25) is 22.6 Å². The van der Waals surface area contributed by atoms with Gasteiger partial charge >= 0.3 is 34.8 Å². The predicted molar refractivity (Wildman–Crippen MR) is 130 cm³/mol. The van der Waals surface area contributed by atoms with Gasteiger partial charge in [0.15, 0.2) is 0 Å². The van der Waals surface area contributed by atoms with Crippen molar-refractivity contribution >= 4 is 28.8 Å². The number of hydrogen-bond acceptors (Lipinski definition) is 10. The van der Waals surface area contributed by atoms with E-state index in [1.165, 1.54) is 35.7 Å². The van der Waals surface area contributed by atoms with Gasteiger partial charge in [-0.15, -0.1) is 0 Å². The molecule has 2 saturated carbocycles. The van der Waals surface area contributed by atoms with Crippen molar-refractivity contribution in [3.8, 4) is 0 Å². The number of nitro groups is 2. The zero-order valence-corrected chi connectivity index (χ0v) is 21.5. The van der Waals surface area contributed by atoms with E-state index in [1.807, 2.05) is 0 Å². The Labute approximate surface area is 230 Å². The number of alkyl halides is 6. The highest BCUT2D eigenvalue weighted by atomic mass is 35.5. The number of nitrogens with one attached hydrogen (secondary N) is 3. The lowest BCUT2D eigenvalue weighted by atomic mass is 10.2. The summed E-state index contributed by atoms with van der Waals surface area (Å²) >= 11 is 5.06. The van der Waals surface area contributed by atoms with Crippen LogP contribution in [0, 0.1) is 20.2 Å². The Hall–Kier alpha value is -3.81. The molecule has 0 amide bonds. The third-order valence-corrected chi connectivity index (χ3v) is 6.01. The van der Waals surface area contributed by atoms with Crippen LogP contribution >= 0.6 is 11.6 Å². The maximum atomic E-state index is 12.6. The van der Waals surface area contributed by atoms with Gasteiger partial charge in [-0.2, -0.15) is 26.3 Å². The van der Waals surface area contributed by atoms with Crippen molar-refractivity contribution in [2.75, 3.05) is 5.32 Å². The van der Waals surface area contributed by atoms with Gasteiger partial charge in [-0.3, -0.25) is 39.8 Å². The fourth-order valence-electron chi connectivity index (χ4n) is 3.82. The fourth-order valence-corrected chi connectivity index (χ4v) is 4.06. The van der Waals surface area contributed by atoms with Crippen LogP contribution in [0.1, 0.15) is 63.0 Å². The number of nitrogens with two attached hydrogens (primary N) is 1. The summed E-state index contributed by atoms with van der Waals surface area (Å²) < 4.78 is 73.8. The molecule has 0 bridgehead atoms. The Morgan fingerprint density at radius 1 is 0.805 bits per heavy atom. The lowest BCUT2D eigenvalue weighted by Crippen LogP contribution is -2.26. The van der Waals surface area contributed by atoms with E-state index in [1.54, 1.807) is 0 Å². The first-order valence-corrected chi connectivity index (χ1v) is 12.2. The number of aromatic amines is 2. The number of nitrogens with zero attached hydrogens (tertiary/aromatic N) is 4. The minimum Gasteiger partial charge on any atom is -0.361 e. The van der Waals surface area contributed by atoms with E-state index in [0.29, 0.717) is 18.9 Å². The van der Waals surface area contributed by atoms with Gasteiger partial charge in [0, 0.05) is 12.1 Å². The summed E-state index contributed by atoms with van der Waals surface area (Å²) in [6.07, 6.45) is -1.44. The Morgan fingerprint density at radius 2 is 1.22 bits per heavy atom. The topological polar surface area (TPSA) is 216 Å². The highest BCUT2D eigenvalue weighted by Gasteiger charge is 2.38. The van der Waals surface area contributed by atoms with Crippen LogP contribution in [0.15, 0.2) is 9.59 Å². The van der Waals surface area contributed by atoms with Gasteiger partial charge in [0.05, 0.1) is 9.85 Å². The Balaban J connectivity index is 0.000000245. The van der Waals surface area contributed by atoms with Crippen molar-refractivity contribution in [2.45, 2.75) is 75.8 Å². The summed E-state index contributed by atoms with van der Waals surface area (Å²) in [5, 5.41) is 22.5. The smallest absolute Gasteiger partial charge is 0.361 e. The molecule has 2 aliphatic rings. The largest absolute Gasteiger partial charge is 0.449 e. The number of H-pyrrole nitrogens is 2. The molecule has 2 aromatic heterocycles. The van der Waals surface area contributed by atoms with Gasteiger partial charge in [-0.05, 0) is 25.7 Å². The lowest BCUT2D eigenvalue weighted by Gasteiger charge is -2.13. The maximum absolute atomic E-state index is 12.6. The monoisotopic (exact) mass is 620 g/mol. The number of anilines is 1. The van der Waals surface area contributed by atoms with Crippen LogP contribution in [0.4, 0.5) is 43.5 Å². The normalized spacial score (nSPS) is 15.9. The van der Waals surface area contributed by atoms with E-state index in [4.69, 9.17) is 17.3 Å². The molecule has 0 saturated heterocycles. The van der Waals surface area contributed by atoms with Crippen LogP contribution < -0.4 is 22.2 Å². The SMILES string of the molecule is NC1CCCC1.O=c1[nH]c(C(F)(F)F)nc(Cl)c1[N+](=O)[O-].O=c1[nH]c(C(F)(F)F)nc(NC2CCCC2)c1[N+](=O)[O-]. The molecule has 2 fully saturated rings. The van der Waals surface area contributed by atoms with Crippen LogP contribution in [-0.2, 0) is 12.4 Å². The number of hydrogen-bond donors (Lipinski definition) is 4. The van der Waals surface area contributed by atoms with Crippen LogP contribution in [0.5, 0.6) is 0 Å². The molecule has 21 heteroatoms. The molecular formula is C20H23ClF6N8O6. The summed E-state index contributed by atoms with van der Waals surface area (Å²) in [6.45, 7) is 0. The van der Waals surface area contributed by atoms with Crippen molar-refractivity contribution < 1.29 is 36.2 Å². The first-order chi connectivity index (χ1) is 18.9. The van der Waals surface area contributed by atoms with Crippen molar-refractivity contribution in [1.82, 2.24) is 19.9 Å². The third kappa shape index (κ3) is 9.66. The van der Waals surface area contributed by atoms with Crippen molar-refractivity contribution in [3.63, 3.8) is 0 Å². The average Bonchev–Trinajstić information content (AvgIpc) is 3.51. The van der Waals surface area contributed by atoms with Crippen LogP contribution in [0.3, 0.4) is 0 Å². The molecule has 2 heterocycles. The molecule has 41 heavy (non-hydrogen) atoms. The molecule has 0 aromatic carbocycles. The van der Waals surface area contributed by atoms with Gasteiger partial charge in [0.25, 0.3) is 0 Å². The van der Waals surface area contributed by atoms with Crippen LogP contribution in [0.2, 0.25) is 5.15 Å². The second-order valence-corrected chi connectivity index (χ2v) is 9.20. The zero-order chi connectivity index (χ0) is 31.1. The van der Waals surface area contributed by atoms with E-state index < -0.39 is 67.3 Å². The highest BCUT2D eigenvalue weighted by molar-refractivity contribution is 6.31. The molecule has 0 aliphatic heterocycles. The van der Waals surface area contributed by atoms with Gasteiger partial charge in [-0.1, -0.05) is 37.3 Å². The predicted octanol–water partition coefficient (Wildman–Crippen LogP) is 4.29. The zero-order valence-electron chi connectivity index (χ0n) is 20.8. The number of halogens is 7. The van der Waals surface area contributed by atoms with Crippen molar-refractivity contribution in [3.05, 3.63) is 57.7 Å². The second-order valence-electron chi connectivity index (χ2n) is 8.85. The summed E-state index contributed by atoms with van der Waals surface area (Å²) in [5.74, 6) is -3.85. The van der Waals surface area contributed by atoms with Crippen molar-refractivity contribution in [2.24, 2.45) is 5.73 Å². The first-order valence-electron chi connectivity index (χ1n) is 11.8. The molecule has 0 spiro atoms. The third-order valence-electron chi connectivity index (χ3n) is 5.75. The molecule has 5 N–H and O–H groups in total. The summed E-state index contributed by atoms with van der Waals surface area (Å²) in [4.78, 5) is 49.4. The average molecular weight is 621 g/mol. The Morgan fingerprint density at radius 3 is 1.59 bits per heavy atom. The summed E-state index contributed by atoms with van der Waals surface area (Å²) in [5.41, 5.74) is 0.354. The number of rotatable bonds is 4. The number of aromatic nitrogens is 4. The van der Waals surface area contributed by atoms with Crippen LogP contribution in [0.25, 0.3) is 0 Å². The lowest BCUT2D eigenvalue weighted by molar-refractivity contribution is -0.386. The molecule has 0 unspecified atom stereocenters. The minimum atomic E-state index is -4.92. The molecule has 228 valence electrons. The van der Waals surface area contributed by atoms with Gasteiger partial charge in [0.1, 0.15) is 0 Å². The summed E-state index contributed by atoms with van der Waals surface area (Å²) in [7, 11) is 0. The van der Waals surface area contributed by atoms with Gasteiger partial charge < -0.3 is 11.1 Å². The Bertz CT molecular complexity index is 1350. The molecule has 0 radical (unpaired) electrons. The van der Waals surface area contributed by atoms with E-state index in [-0.39, 0.29) is 6.04 Å². The molecule has 4 rings (SSSR count). The van der Waals surface area contributed by atoms with Crippen molar-refractivity contribution in [1.29, 1.82) is 0 Å². The maximum Gasteiger partial charge on any atom is 0.449 e. The molecule has 2 aromatic rings. The van der Waals surface area contributed by atoms with E-state index in [2.05, 4.69) is 15.3 Å². The van der Waals surface area contributed by atoms with E-state index >= 15 is 0 Å². The minimum absolute atomic E-state index is 0.205. The summed E-state index contributed by atoms with van der Waals surface area (Å²) in [6, 6.07) is 0.342. The van der Waals surface area contributed by atoms with Gasteiger partial charge in [-0.25, -0.2) is 9.97 Å². The highest BCUT2D eigenvalue weighted by Crippen LogP contribution is 2.30. The fraction of sp³-hybridized carbons (Fsp3) is 0.600.